The Kier molecular flexibility index (Phi) is 4.66. The minimum atomic E-state index is -0.713. The predicted molar refractivity (Wildman–Crippen MR) is 112 cm³/mol. The highest BCUT2D eigenvalue weighted by Gasteiger charge is 2.47. The highest BCUT2D eigenvalue weighted by Crippen LogP contribution is 2.46. The van der Waals surface area contributed by atoms with E-state index in [9.17, 15) is 9.90 Å². The third-order valence-electron chi connectivity index (χ3n) is 6.59. The molecule has 6 rings (SSSR count). The Hall–Kier alpha value is -2.60. The number of benzene rings is 1. The molecule has 2 unspecified atom stereocenters. The van der Waals surface area contributed by atoms with Crippen LogP contribution < -0.4 is 5.32 Å². The van der Waals surface area contributed by atoms with Crippen LogP contribution in [0.5, 0.6) is 0 Å². The van der Waals surface area contributed by atoms with E-state index in [-0.39, 0.29) is 23.2 Å². The van der Waals surface area contributed by atoms with Crippen molar-refractivity contribution in [1.82, 2.24) is 14.5 Å². The third kappa shape index (κ3) is 3.35. The number of nitrogens with zero attached hydrogens (tertiary/aromatic N) is 3. The van der Waals surface area contributed by atoms with E-state index in [1.54, 1.807) is 0 Å². The van der Waals surface area contributed by atoms with Crippen LogP contribution in [0.3, 0.4) is 0 Å². The molecule has 6 nitrogen and oxygen atoms in total. The van der Waals surface area contributed by atoms with Crippen LogP contribution >= 0.6 is 11.6 Å². The molecular formula is C22H23ClN4O2. The van der Waals surface area contributed by atoms with Crippen molar-refractivity contribution in [2.45, 2.75) is 38.3 Å². The number of halogens is 1. The van der Waals surface area contributed by atoms with Crippen molar-refractivity contribution in [3.8, 4) is 0 Å². The molecule has 2 bridgehead atoms. The van der Waals surface area contributed by atoms with Crippen LogP contribution in [-0.4, -0.2) is 31.7 Å². The van der Waals surface area contributed by atoms with E-state index in [4.69, 9.17) is 11.6 Å². The van der Waals surface area contributed by atoms with Crippen molar-refractivity contribution < 1.29 is 9.90 Å². The highest BCUT2D eigenvalue weighted by atomic mass is 35.5. The Morgan fingerprint density at radius 2 is 1.83 bits per heavy atom. The molecule has 0 saturated heterocycles. The summed E-state index contributed by atoms with van der Waals surface area (Å²) in [5.41, 5.74) is 1.92. The minimum Gasteiger partial charge on any atom is -0.481 e. The van der Waals surface area contributed by atoms with Gasteiger partial charge in [-0.3, -0.25) is 4.79 Å². The number of carbonyl (C=O) groups is 1. The lowest BCUT2D eigenvalue weighted by atomic mass is 9.61. The number of rotatable bonds is 5. The number of nitrogens with one attached hydrogen (secondary N) is 1. The number of anilines is 1. The van der Waals surface area contributed by atoms with Crippen LogP contribution in [0, 0.1) is 17.8 Å². The molecule has 29 heavy (non-hydrogen) atoms. The Morgan fingerprint density at radius 1 is 1.10 bits per heavy atom. The number of carboxylic acid groups (broad SMARTS) is 1. The van der Waals surface area contributed by atoms with Gasteiger partial charge in [-0.15, -0.1) is 0 Å². The van der Waals surface area contributed by atoms with Gasteiger partial charge in [0.2, 0.25) is 5.28 Å². The molecule has 7 heteroatoms. The zero-order valence-corrected chi connectivity index (χ0v) is 16.7. The summed E-state index contributed by atoms with van der Waals surface area (Å²) in [4.78, 5) is 20.9. The highest BCUT2D eigenvalue weighted by molar-refractivity contribution is 6.28. The molecule has 2 N–H and O–H groups in total. The summed E-state index contributed by atoms with van der Waals surface area (Å²) in [7, 11) is 0. The average molecular weight is 411 g/mol. The SMILES string of the molecule is O=C(O)C1C2CCC(CC2)C1Nc1nc(Cl)nc2c1ccn2Cc1ccccc1. The van der Waals surface area contributed by atoms with E-state index in [0.29, 0.717) is 18.3 Å². The Morgan fingerprint density at radius 3 is 2.55 bits per heavy atom. The second kappa shape index (κ2) is 7.34. The molecule has 3 aromatic rings. The molecule has 3 fully saturated rings. The van der Waals surface area contributed by atoms with Gasteiger partial charge in [0.1, 0.15) is 11.5 Å². The molecule has 1 aromatic carbocycles. The monoisotopic (exact) mass is 410 g/mol. The summed E-state index contributed by atoms with van der Waals surface area (Å²) in [6.07, 6.45) is 6.14. The molecule has 2 atom stereocenters. The molecule has 3 saturated carbocycles. The maximum atomic E-state index is 12.0. The van der Waals surface area contributed by atoms with Gasteiger partial charge in [0.05, 0.1) is 11.3 Å². The fourth-order valence-corrected chi connectivity index (χ4v) is 5.39. The molecule has 150 valence electrons. The summed E-state index contributed by atoms with van der Waals surface area (Å²) in [5, 5.41) is 14.4. The fourth-order valence-electron chi connectivity index (χ4n) is 5.23. The van der Waals surface area contributed by atoms with Gasteiger partial charge in [0.15, 0.2) is 0 Å². The number of aliphatic carboxylic acids is 1. The van der Waals surface area contributed by atoms with Crippen molar-refractivity contribution in [3.05, 3.63) is 53.4 Å². The van der Waals surface area contributed by atoms with Gasteiger partial charge in [-0.05, 0) is 60.7 Å². The largest absolute Gasteiger partial charge is 0.481 e. The van der Waals surface area contributed by atoms with Crippen molar-refractivity contribution in [2.24, 2.45) is 17.8 Å². The fraction of sp³-hybridized carbons (Fsp3) is 0.409. The van der Waals surface area contributed by atoms with Gasteiger partial charge in [-0.2, -0.15) is 4.98 Å². The van der Waals surface area contributed by atoms with Crippen LogP contribution in [0.15, 0.2) is 42.6 Å². The number of fused-ring (bicyclic) bond motifs is 4. The first-order valence-corrected chi connectivity index (χ1v) is 10.5. The van der Waals surface area contributed by atoms with Crippen molar-refractivity contribution >= 4 is 34.4 Å². The molecule has 0 aliphatic heterocycles. The predicted octanol–water partition coefficient (Wildman–Crippen LogP) is 4.43. The molecule has 3 aliphatic rings. The summed E-state index contributed by atoms with van der Waals surface area (Å²) in [6, 6.07) is 12.0. The lowest BCUT2D eigenvalue weighted by Gasteiger charge is -2.47. The molecule has 3 aliphatic carbocycles. The summed E-state index contributed by atoms with van der Waals surface area (Å²) in [5.74, 6) is 0.144. The Balaban J connectivity index is 1.50. The van der Waals surface area contributed by atoms with E-state index in [1.165, 1.54) is 5.56 Å². The molecule has 2 aromatic heterocycles. The number of aromatic nitrogens is 3. The van der Waals surface area contributed by atoms with Crippen molar-refractivity contribution in [3.63, 3.8) is 0 Å². The van der Waals surface area contributed by atoms with E-state index < -0.39 is 5.97 Å². The number of carboxylic acids is 1. The van der Waals surface area contributed by atoms with Gasteiger partial charge in [0, 0.05) is 18.8 Å². The lowest BCUT2D eigenvalue weighted by Crippen LogP contribution is -2.51. The van der Waals surface area contributed by atoms with Crippen LogP contribution in [-0.2, 0) is 11.3 Å². The molecule has 0 radical (unpaired) electrons. The third-order valence-corrected chi connectivity index (χ3v) is 6.76. The number of hydrogen-bond donors (Lipinski definition) is 2. The Labute approximate surface area is 173 Å². The van der Waals surface area contributed by atoms with Crippen LogP contribution in [0.1, 0.15) is 31.2 Å². The van der Waals surface area contributed by atoms with E-state index in [0.717, 1.165) is 36.7 Å². The van der Waals surface area contributed by atoms with Crippen molar-refractivity contribution in [1.29, 1.82) is 0 Å². The normalized spacial score (nSPS) is 26.0. The lowest BCUT2D eigenvalue weighted by molar-refractivity contribution is -0.148. The van der Waals surface area contributed by atoms with Gasteiger partial charge < -0.3 is 15.0 Å². The van der Waals surface area contributed by atoms with E-state index >= 15 is 0 Å². The summed E-state index contributed by atoms with van der Waals surface area (Å²) in [6.45, 7) is 0.684. The molecule has 2 heterocycles. The van der Waals surface area contributed by atoms with Crippen LogP contribution in [0.4, 0.5) is 5.82 Å². The molecule has 0 amide bonds. The molecular weight excluding hydrogens is 388 g/mol. The first-order chi connectivity index (χ1) is 14.1. The summed E-state index contributed by atoms with van der Waals surface area (Å²) < 4.78 is 2.05. The van der Waals surface area contributed by atoms with Gasteiger partial charge in [-0.25, -0.2) is 4.98 Å². The van der Waals surface area contributed by atoms with Gasteiger partial charge >= 0.3 is 5.97 Å². The smallest absolute Gasteiger partial charge is 0.308 e. The van der Waals surface area contributed by atoms with Crippen molar-refractivity contribution in [2.75, 3.05) is 5.32 Å². The zero-order valence-electron chi connectivity index (χ0n) is 16.0. The number of hydrogen-bond acceptors (Lipinski definition) is 4. The first-order valence-electron chi connectivity index (χ1n) is 10.2. The maximum absolute atomic E-state index is 12.0. The zero-order chi connectivity index (χ0) is 20.0. The maximum Gasteiger partial charge on any atom is 0.308 e. The Bertz CT molecular complexity index is 1040. The second-order valence-corrected chi connectivity index (χ2v) is 8.55. The quantitative estimate of drug-likeness (QED) is 0.608. The summed E-state index contributed by atoms with van der Waals surface area (Å²) >= 11 is 6.26. The van der Waals surface area contributed by atoms with Gasteiger partial charge in [-0.1, -0.05) is 30.3 Å². The standard InChI is InChI=1S/C22H23ClN4O2/c23-22-25-19(24-18-15-8-6-14(7-9-15)17(18)21(28)29)16-10-11-27(20(16)26-22)12-13-4-2-1-3-5-13/h1-5,10-11,14-15,17-18H,6-9,12H2,(H,28,29)(H,24,25,26). The second-order valence-electron chi connectivity index (χ2n) is 8.22. The van der Waals surface area contributed by atoms with Gasteiger partial charge in [0.25, 0.3) is 0 Å². The van der Waals surface area contributed by atoms with E-state index in [2.05, 4.69) is 27.4 Å². The van der Waals surface area contributed by atoms with Crippen LogP contribution in [0.25, 0.3) is 11.0 Å². The molecule has 0 spiro atoms. The average Bonchev–Trinajstić information content (AvgIpc) is 3.12. The van der Waals surface area contributed by atoms with E-state index in [1.807, 2.05) is 35.0 Å². The first kappa shape index (κ1) is 18.4. The minimum absolute atomic E-state index is 0.119. The topological polar surface area (TPSA) is 80.0 Å². The van der Waals surface area contributed by atoms with Crippen LogP contribution in [0.2, 0.25) is 5.28 Å².